The van der Waals surface area contributed by atoms with Crippen LogP contribution >= 0.6 is 0 Å². The largest absolute Gasteiger partial charge is 0.478 e. The number of nitrogens with two attached hydrogens (primary N) is 1. The monoisotopic (exact) mass is 251 g/mol. The predicted molar refractivity (Wildman–Crippen MR) is 58.9 cm³/mol. The Morgan fingerprint density at radius 1 is 1.35 bits per heavy atom. The van der Waals surface area contributed by atoms with E-state index >= 15 is 0 Å². The number of aliphatic hydroxyl groups excluding tert-OH is 2. The van der Waals surface area contributed by atoms with Crippen LogP contribution in [0.15, 0.2) is 0 Å². The molecule has 0 heterocycles. The van der Waals surface area contributed by atoms with Gasteiger partial charge >= 0.3 is 5.97 Å². The lowest BCUT2D eigenvalue weighted by molar-refractivity contribution is -0.231. The molecule has 0 aromatic carbocycles. The second kappa shape index (κ2) is 5.74. The summed E-state index contributed by atoms with van der Waals surface area (Å²) in [7, 11) is 0. The van der Waals surface area contributed by atoms with Crippen molar-refractivity contribution in [3.63, 3.8) is 0 Å². The van der Waals surface area contributed by atoms with Crippen LogP contribution in [0.5, 0.6) is 0 Å². The Labute approximate surface area is 99.5 Å². The number of hydrogen-bond donors (Lipinski definition) is 6. The zero-order valence-electron chi connectivity index (χ0n) is 10.00. The maximum absolute atomic E-state index is 10.8. The van der Waals surface area contributed by atoms with Crippen molar-refractivity contribution in [2.75, 3.05) is 0 Å². The molecule has 7 nitrogen and oxygen atoms in total. The standard InChI is InChI=1S/C10H21NO6/c1-3-4-5-9(16,7(13)6(2)12)10(11,17)8(14)15/h6-7,12-13,16-17H,3-5,11H2,1-2H3,(H,14,15). The maximum Gasteiger partial charge on any atom is 0.354 e. The van der Waals surface area contributed by atoms with Gasteiger partial charge in [-0.15, -0.1) is 0 Å². The normalized spacial score (nSPS) is 22.3. The molecular formula is C10H21NO6. The summed E-state index contributed by atoms with van der Waals surface area (Å²) in [5.74, 6) is -1.86. The van der Waals surface area contributed by atoms with Gasteiger partial charge in [0, 0.05) is 0 Å². The Balaban J connectivity index is 5.30. The second-order valence-corrected chi connectivity index (χ2v) is 4.28. The number of carbonyl (C=O) groups is 1. The van der Waals surface area contributed by atoms with E-state index in [1.165, 1.54) is 6.92 Å². The van der Waals surface area contributed by atoms with Crippen LogP contribution in [-0.4, -0.2) is 55.0 Å². The average Bonchev–Trinajstić information content (AvgIpc) is 2.23. The Hall–Kier alpha value is -0.730. The van der Waals surface area contributed by atoms with E-state index in [2.05, 4.69) is 0 Å². The number of hydrogen-bond acceptors (Lipinski definition) is 6. The summed E-state index contributed by atoms with van der Waals surface area (Å²) in [6.07, 6.45) is -2.58. The molecule has 0 aliphatic heterocycles. The van der Waals surface area contributed by atoms with Crippen LogP contribution in [0, 0.1) is 0 Å². The van der Waals surface area contributed by atoms with Gasteiger partial charge in [-0.2, -0.15) is 0 Å². The Morgan fingerprint density at radius 2 is 1.82 bits per heavy atom. The average molecular weight is 251 g/mol. The van der Waals surface area contributed by atoms with Crippen molar-refractivity contribution in [2.45, 2.75) is 56.6 Å². The van der Waals surface area contributed by atoms with E-state index in [-0.39, 0.29) is 6.42 Å². The third kappa shape index (κ3) is 3.14. The molecule has 0 saturated carbocycles. The Morgan fingerprint density at radius 3 is 2.12 bits per heavy atom. The molecule has 0 fully saturated rings. The predicted octanol–water partition coefficient (Wildman–Crippen LogP) is -1.62. The van der Waals surface area contributed by atoms with E-state index in [4.69, 9.17) is 10.8 Å². The fourth-order valence-electron chi connectivity index (χ4n) is 1.59. The van der Waals surface area contributed by atoms with Gasteiger partial charge in [0.05, 0.1) is 6.10 Å². The highest BCUT2D eigenvalue weighted by atomic mass is 16.4. The number of aliphatic carboxylic acids is 1. The zero-order valence-corrected chi connectivity index (χ0v) is 10.00. The van der Waals surface area contributed by atoms with Crippen molar-refractivity contribution in [3.05, 3.63) is 0 Å². The summed E-state index contributed by atoms with van der Waals surface area (Å²) in [5.41, 5.74) is -0.388. The summed E-state index contributed by atoms with van der Waals surface area (Å²) in [5, 5.41) is 47.4. The molecule has 7 N–H and O–H groups in total. The van der Waals surface area contributed by atoms with Crippen LogP contribution in [0.1, 0.15) is 33.1 Å². The van der Waals surface area contributed by atoms with E-state index in [0.717, 1.165) is 0 Å². The summed E-state index contributed by atoms with van der Waals surface area (Å²) in [6, 6.07) is 0. The highest BCUT2D eigenvalue weighted by Gasteiger charge is 2.57. The molecule has 7 heteroatoms. The molecule has 17 heavy (non-hydrogen) atoms. The lowest BCUT2D eigenvalue weighted by Gasteiger charge is -2.42. The summed E-state index contributed by atoms with van der Waals surface area (Å²) < 4.78 is 0. The summed E-state index contributed by atoms with van der Waals surface area (Å²) >= 11 is 0. The van der Waals surface area contributed by atoms with Crippen molar-refractivity contribution in [3.8, 4) is 0 Å². The van der Waals surface area contributed by atoms with Crippen LogP contribution in [0.2, 0.25) is 0 Å². The van der Waals surface area contributed by atoms with E-state index in [1.807, 2.05) is 0 Å². The molecule has 0 amide bonds. The summed E-state index contributed by atoms with van der Waals surface area (Å²) in [6.45, 7) is 2.95. The van der Waals surface area contributed by atoms with Gasteiger partial charge in [-0.3, -0.25) is 5.73 Å². The molecule has 0 spiro atoms. The number of unbranched alkanes of at least 4 members (excludes halogenated alkanes) is 1. The quantitative estimate of drug-likeness (QED) is 0.298. The fraction of sp³-hybridized carbons (Fsp3) is 0.900. The minimum absolute atomic E-state index is 0.241. The molecular weight excluding hydrogens is 230 g/mol. The van der Waals surface area contributed by atoms with Crippen LogP contribution in [0.3, 0.4) is 0 Å². The highest BCUT2D eigenvalue weighted by molar-refractivity contribution is 5.78. The van der Waals surface area contributed by atoms with Crippen LogP contribution < -0.4 is 5.73 Å². The number of carboxylic acids is 1. The number of carboxylic acid groups (broad SMARTS) is 1. The van der Waals surface area contributed by atoms with Crippen molar-refractivity contribution >= 4 is 5.97 Å². The molecule has 0 bridgehead atoms. The van der Waals surface area contributed by atoms with Crippen LogP contribution in [0.4, 0.5) is 0 Å². The van der Waals surface area contributed by atoms with Crippen molar-refractivity contribution in [1.29, 1.82) is 0 Å². The van der Waals surface area contributed by atoms with E-state index in [9.17, 15) is 25.2 Å². The van der Waals surface area contributed by atoms with Gasteiger partial charge < -0.3 is 25.5 Å². The Kier molecular flexibility index (Phi) is 5.50. The Bertz CT molecular complexity index is 268. The minimum atomic E-state index is -3.03. The highest BCUT2D eigenvalue weighted by Crippen LogP contribution is 2.30. The lowest BCUT2D eigenvalue weighted by Crippen LogP contribution is -2.71. The smallest absolute Gasteiger partial charge is 0.354 e. The molecule has 0 saturated heterocycles. The second-order valence-electron chi connectivity index (χ2n) is 4.28. The molecule has 4 unspecified atom stereocenters. The third-order valence-corrected chi connectivity index (χ3v) is 2.84. The number of rotatable bonds is 7. The van der Waals surface area contributed by atoms with Gasteiger partial charge in [0.15, 0.2) is 0 Å². The molecule has 0 aromatic heterocycles. The molecule has 0 rings (SSSR count). The van der Waals surface area contributed by atoms with Gasteiger partial charge in [-0.1, -0.05) is 19.8 Å². The van der Waals surface area contributed by atoms with Gasteiger partial charge in [0.1, 0.15) is 11.7 Å². The number of aliphatic hydroxyl groups is 4. The maximum atomic E-state index is 10.8. The van der Waals surface area contributed by atoms with Gasteiger partial charge in [-0.25, -0.2) is 4.79 Å². The van der Waals surface area contributed by atoms with Gasteiger partial charge in [0.2, 0.25) is 5.72 Å². The van der Waals surface area contributed by atoms with Crippen molar-refractivity contribution < 1.29 is 30.3 Å². The molecule has 0 aliphatic carbocycles. The third-order valence-electron chi connectivity index (χ3n) is 2.84. The lowest BCUT2D eigenvalue weighted by atomic mass is 9.79. The first-order valence-corrected chi connectivity index (χ1v) is 5.44. The molecule has 0 radical (unpaired) electrons. The first-order chi connectivity index (χ1) is 7.61. The minimum Gasteiger partial charge on any atom is -0.478 e. The zero-order chi connectivity index (χ0) is 13.9. The van der Waals surface area contributed by atoms with Crippen LogP contribution in [0.25, 0.3) is 0 Å². The van der Waals surface area contributed by atoms with E-state index < -0.39 is 29.5 Å². The first-order valence-electron chi connectivity index (χ1n) is 5.44. The van der Waals surface area contributed by atoms with E-state index in [0.29, 0.717) is 12.8 Å². The molecule has 0 aliphatic rings. The van der Waals surface area contributed by atoms with Gasteiger partial charge in [-0.05, 0) is 13.3 Å². The summed E-state index contributed by atoms with van der Waals surface area (Å²) in [4.78, 5) is 10.8. The fourth-order valence-corrected chi connectivity index (χ4v) is 1.59. The van der Waals surface area contributed by atoms with Gasteiger partial charge in [0.25, 0.3) is 0 Å². The first kappa shape index (κ1) is 16.3. The van der Waals surface area contributed by atoms with Crippen molar-refractivity contribution in [1.82, 2.24) is 0 Å². The molecule has 0 aromatic rings. The van der Waals surface area contributed by atoms with Crippen molar-refractivity contribution in [2.24, 2.45) is 5.73 Å². The van der Waals surface area contributed by atoms with Crippen LogP contribution in [-0.2, 0) is 4.79 Å². The topological polar surface area (TPSA) is 144 Å². The molecule has 4 atom stereocenters. The SMILES string of the molecule is CCCCC(O)(C(O)C(C)O)C(N)(O)C(=O)O. The molecule has 102 valence electrons. The van der Waals surface area contributed by atoms with E-state index in [1.54, 1.807) is 6.92 Å².